The molecule has 0 aromatic heterocycles. The molecule has 1 heterocycles. The van der Waals surface area contributed by atoms with Crippen LogP contribution in [0.2, 0.25) is 0 Å². The first-order valence-corrected chi connectivity index (χ1v) is 5.04. The van der Waals surface area contributed by atoms with E-state index in [1.165, 1.54) is 0 Å². The van der Waals surface area contributed by atoms with Crippen LogP contribution in [-0.4, -0.2) is 24.4 Å². The first kappa shape index (κ1) is 10.1. The maximum absolute atomic E-state index is 9.51. The summed E-state index contributed by atoms with van der Waals surface area (Å²) in [6.45, 7) is 2.98. The van der Waals surface area contributed by atoms with E-state index in [1.807, 2.05) is 6.92 Å². The molecule has 15 heavy (non-hydrogen) atoms. The topological polar surface area (TPSA) is 64.7 Å². The van der Waals surface area contributed by atoms with Crippen LogP contribution in [0.25, 0.3) is 0 Å². The standard InChI is InChI=1S/C11H15NO3/c1-7(12)4-8-5-9(13)6-10-11(8)15-3-2-14-10/h5-7,13H,2-4,12H2,1H3. The first-order valence-electron chi connectivity index (χ1n) is 5.04. The molecule has 4 nitrogen and oxygen atoms in total. The summed E-state index contributed by atoms with van der Waals surface area (Å²) in [6.07, 6.45) is 0.667. The van der Waals surface area contributed by atoms with Crippen molar-refractivity contribution in [1.29, 1.82) is 0 Å². The van der Waals surface area contributed by atoms with Crippen molar-refractivity contribution in [3.05, 3.63) is 17.7 Å². The smallest absolute Gasteiger partial charge is 0.165 e. The molecule has 4 heteroatoms. The SMILES string of the molecule is CC(N)Cc1cc(O)cc2c1OCCO2. The fourth-order valence-corrected chi connectivity index (χ4v) is 1.71. The Morgan fingerprint density at radius 2 is 2.13 bits per heavy atom. The Bertz CT molecular complexity index is 363. The van der Waals surface area contributed by atoms with Crippen molar-refractivity contribution in [3.8, 4) is 17.2 Å². The molecular weight excluding hydrogens is 194 g/mol. The van der Waals surface area contributed by atoms with E-state index in [0.717, 1.165) is 11.3 Å². The second-order valence-electron chi connectivity index (χ2n) is 3.81. The minimum absolute atomic E-state index is 0.0291. The molecular formula is C11H15NO3. The number of nitrogens with two attached hydrogens (primary N) is 1. The summed E-state index contributed by atoms with van der Waals surface area (Å²) in [4.78, 5) is 0. The molecule has 1 atom stereocenters. The maximum atomic E-state index is 9.51. The van der Waals surface area contributed by atoms with Gasteiger partial charge in [0.2, 0.25) is 0 Å². The molecule has 1 aromatic rings. The van der Waals surface area contributed by atoms with Gasteiger partial charge in [-0.15, -0.1) is 0 Å². The molecule has 0 amide bonds. The zero-order valence-electron chi connectivity index (χ0n) is 8.69. The molecule has 0 saturated heterocycles. The Morgan fingerprint density at radius 3 is 2.87 bits per heavy atom. The highest BCUT2D eigenvalue weighted by molar-refractivity contribution is 5.52. The number of hydrogen-bond donors (Lipinski definition) is 2. The van der Waals surface area contributed by atoms with Crippen LogP contribution in [0.3, 0.4) is 0 Å². The second-order valence-corrected chi connectivity index (χ2v) is 3.81. The normalized spacial score (nSPS) is 16.1. The van der Waals surface area contributed by atoms with E-state index >= 15 is 0 Å². The number of benzene rings is 1. The summed E-state index contributed by atoms with van der Waals surface area (Å²) in [6, 6.07) is 3.28. The highest BCUT2D eigenvalue weighted by atomic mass is 16.6. The quantitative estimate of drug-likeness (QED) is 0.764. The molecule has 0 aliphatic carbocycles. The summed E-state index contributed by atoms with van der Waals surface area (Å²) < 4.78 is 10.9. The van der Waals surface area contributed by atoms with Gasteiger partial charge in [-0.2, -0.15) is 0 Å². The Kier molecular flexibility index (Phi) is 2.68. The lowest BCUT2D eigenvalue weighted by molar-refractivity contribution is 0.169. The van der Waals surface area contributed by atoms with Crippen molar-refractivity contribution in [2.45, 2.75) is 19.4 Å². The fraction of sp³-hybridized carbons (Fsp3) is 0.455. The third-order valence-electron chi connectivity index (χ3n) is 2.25. The Balaban J connectivity index is 2.38. The number of ether oxygens (including phenoxy) is 2. The highest BCUT2D eigenvalue weighted by Crippen LogP contribution is 2.37. The van der Waals surface area contributed by atoms with E-state index in [0.29, 0.717) is 25.4 Å². The molecule has 82 valence electrons. The van der Waals surface area contributed by atoms with E-state index in [-0.39, 0.29) is 11.8 Å². The third kappa shape index (κ3) is 2.15. The van der Waals surface area contributed by atoms with Crippen molar-refractivity contribution in [2.75, 3.05) is 13.2 Å². The molecule has 1 unspecified atom stereocenters. The van der Waals surface area contributed by atoms with Crippen LogP contribution >= 0.6 is 0 Å². The van der Waals surface area contributed by atoms with Gasteiger partial charge in [-0.1, -0.05) is 0 Å². The van der Waals surface area contributed by atoms with Crippen molar-refractivity contribution in [2.24, 2.45) is 5.73 Å². The molecule has 1 aromatic carbocycles. The lowest BCUT2D eigenvalue weighted by Crippen LogP contribution is -2.21. The molecule has 2 rings (SSSR count). The molecule has 3 N–H and O–H groups in total. The Hall–Kier alpha value is -1.42. The van der Waals surface area contributed by atoms with Crippen molar-refractivity contribution in [3.63, 3.8) is 0 Å². The summed E-state index contributed by atoms with van der Waals surface area (Å²) in [5.74, 6) is 1.52. The lowest BCUT2D eigenvalue weighted by Gasteiger charge is -2.22. The van der Waals surface area contributed by atoms with Gasteiger partial charge in [-0.05, 0) is 19.4 Å². The largest absolute Gasteiger partial charge is 0.508 e. The monoisotopic (exact) mass is 209 g/mol. The third-order valence-corrected chi connectivity index (χ3v) is 2.25. The number of phenolic OH excluding ortho intramolecular Hbond substituents is 1. The molecule has 0 saturated carbocycles. The van der Waals surface area contributed by atoms with Crippen LogP contribution in [0.5, 0.6) is 17.2 Å². The van der Waals surface area contributed by atoms with Crippen LogP contribution in [-0.2, 0) is 6.42 Å². The second kappa shape index (κ2) is 3.98. The van der Waals surface area contributed by atoms with Crippen molar-refractivity contribution >= 4 is 0 Å². The van der Waals surface area contributed by atoms with E-state index in [9.17, 15) is 5.11 Å². The van der Waals surface area contributed by atoms with E-state index in [1.54, 1.807) is 12.1 Å². The van der Waals surface area contributed by atoms with Crippen LogP contribution in [0, 0.1) is 0 Å². The van der Waals surface area contributed by atoms with Crippen LogP contribution in [0.1, 0.15) is 12.5 Å². The number of rotatable bonds is 2. The van der Waals surface area contributed by atoms with E-state index < -0.39 is 0 Å². The predicted molar refractivity (Wildman–Crippen MR) is 56.5 cm³/mol. The summed E-state index contributed by atoms with van der Waals surface area (Å²) in [5.41, 5.74) is 6.63. The molecule has 0 radical (unpaired) electrons. The maximum Gasteiger partial charge on any atom is 0.165 e. The molecule has 1 aliphatic heterocycles. The molecule has 1 aliphatic rings. The first-order chi connectivity index (χ1) is 7.16. The van der Waals surface area contributed by atoms with Gasteiger partial charge in [0.1, 0.15) is 19.0 Å². The van der Waals surface area contributed by atoms with Crippen LogP contribution in [0.4, 0.5) is 0 Å². The average molecular weight is 209 g/mol. The van der Waals surface area contributed by atoms with Crippen molar-refractivity contribution in [1.82, 2.24) is 0 Å². The average Bonchev–Trinajstić information content (AvgIpc) is 2.16. The van der Waals surface area contributed by atoms with Gasteiger partial charge in [0.05, 0.1) is 0 Å². The van der Waals surface area contributed by atoms with Gasteiger partial charge < -0.3 is 20.3 Å². The van der Waals surface area contributed by atoms with Crippen molar-refractivity contribution < 1.29 is 14.6 Å². The van der Waals surface area contributed by atoms with Crippen LogP contribution in [0.15, 0.2) is 12.1 Å². The summed E-state index contributed by atoms with van der Waals surface area (Å²) >= 11 is 0. The number of aromatic hydroxyl groups is 1. The number of fused-ring (bicyclic) bond motifs is 1. The minimum atomic E-state index is 0.0291. The van der Waals surface area contributed by atoms with Gasteiger partial charge in [0.25, 0.3) is 0 Å². The zero-order valence-corrected chi connectivity index (χ0v) is 8.69. The Morgan fingerprint density at radius 1 is 1.40 bits per heavy atom. The summed E-state index contributed by atoms with van der Waals surface area (Å²) in [7, 11) is 0. The highest BCUT2D eigenvalue weighted by Gasteiger charge is 2.18. The van der Waals surface area contributed by atoms with Gasteiger partial charge in [-0.3, -0.25) is 0 Å². The van der Waals surface area contributed by atoms with Gasteiger partial charge in [0, 0.05) is 17.7 Å². The minimum Gasteiger partial charge on any atom is -0.508 e. The van der Waals surface area contributed by atoms with E-state index in [4.69, 9.17) is 15.2 Å². The van der Waals surface area contributed by atoms with Gasteiger partial charge in [0.15, 0.2) is 11.5 Å². The van der Waals surface area contributed by atoms with Gasteiger partial charge >= 0.3 is 0 Å². The van der Waals surface area contributed by atoms with Gasteiger partial charge in [-0.25, -0.2) is 0 Å². The lowest BCUT2D eigenvalue weighted by atomic mass is 10.1. The number of hydrogen-bond acceptors (Lipinski definition) is 4. The van der Waals surface area contributed by atoms with Crippen LogP contribution < -0.4 is 15.2 Å². The number of phenols is 1. The Labute approximate surface area is 88.6 Å². The van der Waals surface area contributed by atoms with E-state index in [2.05, 4.69) is 0 Å². The molecule has 0 bridgehead atoms. The molecule has 0 spiro atoms. The zero-order chi connectivity index (χ0) is 10.8. The molecule has 0 fully saturated rings. The predicted octanol–water partition coefficient (Wildman–Crippen LogP) is 1.05. The summed E-state index contributed by atoms with van der Waals surface area (Å²) in [5, 5.41) is 9.51. The fourth-order valence-electron chi connectivity index (χ4n) is 1.71.